The molecule has 0 radical (unpaired) electrons. The van der Waals surface area contributed by atoms with Crippen molar-refractivity contribution in [3.63, 3.8) is 0 Å². The van der Waals surface area contributed by atoms with Crippen molar-refractivity contribution in [3.05, 3.63) is 23.3 Å². The average Bonchev–Trinajstić information content (AvgIpc) is 3.38. The van der Waals surface area contributed by atoms with Crippen molar-refractivity contribution in [3.8, 4) is 5.75 Å². The van der Waals surface area contributed by atoms with Gasteiger partial charge in [0.15, 0.2) is 17.2 Å². The number of aromatic hydroxyl groups is 1. The maximum Gasteiger partial charge on any atom is 0.230 e. The maximum absolute atomic E-state index is 14.3. The maximum atomic E-state index is 14.3. The lowest BCUT2D eigenvalue weighted by Gasteiger charge is -2.69. The summed E-state index contributed by atoms with van der Waals surface area (Å²) in [7, 11) is 0. The van der Waals surface area contributed by atoms with Gasteiger partial charge in [0, 0.05) is 16.9 Å². The minimum Gasteiger partial charge on any atom is -0.505 e. The fourth-order valence-electron chi connectivity index (χ4n) is 9.17. The zero-order valence-electron chi connectivity index (χ0n) is 23.7. The number of fused-ring (bicyclic) bond motifs is 3. The SMILES string of the molecule is CC(C)[C@H]1C(O)[C@@H](C(N)=O)C(=O)[C@]2(O)C(O)[C@H]3C(=O)c4c(ccc(NC5CCCC5)c4O)[C@@H](C)[C@]3(C)[C@@H](O)[C@]12C. The van der Waals surface area contributed by atoms with Gasteiger partial charge < -0.3 is 36.6 Å². The first kappa shape index (κ1) is 29.0. The number of hydrogen-bond acceptors (Lipinski definition) is 9. The van der Waals surface area contributed by atoms with Crippen LogP contribution in [0.3, 0.4) is 0 Å². The Bertz CT molecular complexity index is 1260. The molecule has 10 nitrogen and oxygen atoms in total. The van der Waals surface area contributed by atoms with E-state index in [2.05, 4.69) is 5.32 Å². The number of anilines is 1. The van der Waals surface area contributed by atoms with Gasteiger partial charge >= 0.3 is 0 Å². The van der Waals surface area contributed by atoms with Crippen LogP contribution in [0.15, 0.2) is 12.1 Å². The van der Waals surface area contributed by atoms with Crippen LogP contribution in [-0.4, -0.2) is 73.0 Å². The van der Waals surface area contributed by atoms with Gasteiger partial charge in [-0.05, 0) is 42.2 Å². The highest BCUT2D eigenvalue weighted by molar-refractivity contribution is 6.10. The molecule has 4 aliphatic rings. The zero-order valence-corrected chi connectivity index (χ0v) is 23.7. The lowest BCUT2D eigenvalue weighted by Crippen LogP contribution is -2.83. The molecule has 0 bridgehead atoms. The molecule has 3 saturated carbocycles. The third kappa shape index (κ3) is 3.33. The first-order valence-corrected chi connectivity index (χ1v) is 14.3. The van der Waals surface area contributed by atoms with E-state index in [1.165, 1.54) is 6.92 Å². The molecule has 10 heteroatoms. The molecule has 220 valence electrons. The van der Waals surface area contributed by atoms with Crippen molar-refractivity contribution in [2.75, 3.05) is 5.32 Å². The Morgan fingerprint density at radius 2 is 1.70 bits per heavy atom. The summed E-state index contributed by atoms with van der Waals surface area (Å²) in [5, 5.41) is 62.3. The number of Topliss-reactive ketones (excluding diaryl/α,β-unsaturated/α-hetero) is 2. The smallest absolute Gasteiger partial charge is 0.230 e. The monoisotopic (exact) mass is 558 g/mol. The molecule has 1 aromatic rings. The second-order valence-corrected chi connectivity index (χ2v) is 13.4. The van der Waals surface area contributed by atoms with Crippen LogP contribution < -0.4 is 11.1 Å². The number of phenolic OH excluding ortho intramolecular Hbond substituents is 1. The fraction of sp³-hybridized carbons (Fsp3) is 0.700. The van der Waals surface area contributed by atoms with Crippen LogP contribution in [0, 0.1) is 34.5 Å². The third-order valence-electron chi connectivity index (χ3n) is 11.3. The number of primary amides is 1. The molecule has 0 spiro atoms. The summed E-state index contributed by atoms with van der Waals surface area (Å²) < 4.78 is 0. The second kappa shape index (κ2) is 9.24. The summed E-state index contributed by atoms with van der Waals surface area (Å²) in [6.45, 7) is 8.30. The van der Waals surface area contributed by atoms with Crippen molar-refractivity contribution in [1.82, 2.24) is 0 Å². The molecule has 0 aliphatic heterocycles. The molecule has 0 heterocycles. The van der Waals surface area contributed by atoms with Crippen molar-refractivity contribution >= 4 is 23.2 Å². The Hall–Kier alpha value is -2.53. The van der Waals surface area contributed by atoms with Gasteiger partial charge in [-0.2, -0.15) is 0 Å². The van der Waals surface area contributed by atoms with E-state index in [4.69, 9.17) is 5.73 Å². The molecule has 10 atom stereocenters. The Labute approximate surface area is 234 Å². The van der Waals surface area contributed by atoms with Gasteiger partial charge in [0.2, 0.25) is 5.91 Å². The number of aliphatic hydroxyl groups is 4. The normalized spacial score (nSPS) is 43.3. The number of rotatable bonds is 4. The number of ketones is 2. The number of amides is 1. The highest BCUT2D eigenvalue weighted by atomic mass is 16.4. The van der Waals surface area contributed by atoms with Crippen LogP contribution in [0.5, 0.6) is 5.75 Å². The Morgan fingerprint density at radius 1 is 1.10 bits per heavy atom. The highest BCUT2D eigenvalue weighted by Crippen LogP contribution is 2.68. The number of nitrogens with two attached hydrogens (primary N) is 1. The fourth-order valence-corrected chi connectivity index (χ4v) is 9.17. The lowest BCUT2D eigenvalue weighted by molar-refractivity contribution is -0.306. The average molecular weight is 559 g/mol. The number of benzene rings is 1. The minimum atomic E-state index is -2.79. The van der Waals surface area contributed by atoms with Crippen molar-refractivity contribution in [2.24, 2.45) is 40.2 Å². The van der Waals surface area contributed by atoms with Gasteiger partial charge in [-0.25, -0.2) is 0 Å². The first-order valence-electron chi connectivity index (χ1n) is 14.3. The molecule has 0 aromatic heterocycles. The van der Waals surface area contributed by atoms with Crippen molar-refractivity contribution < 1.29 is 39.9 Å². The van der Waals surface area contributed by atoms with Crippen LogP contribution in [-0.2, 0) is 9.59 Å². The highest BCUT2D eigenvalue weighted by Gasteiger charge is 2.80. The minimum absolute atomic E-state index is 0.0217. The summed E-state index contributed by atoms with van der Waals surface area (Å²) >= 11 is 0. The van der Waals surface area contributed by atoms with E-state index in [0.717, 1.165) is 25.7 Å². The Kier molecular flexibility index (Phi) is 6.69. The molecule has 3 fully saturated rings. The second-order valence-electron chi connectivity index (χ2n) is 13.4. The lowest BCUT2D eigenvalue weighted by atomic mass is 9.36. The molecular formula is C30H42N2O8. The van der Waals surface area contributed by atoms with Crippen molar-refractivity contribution in [1.29, 1.82) is 0 Å². The third-order valence-corrected chi connectivity index (χ3v) is 11.3. The van der Waals surface area contributed by atoms with E-state index in [1.54, 1.807) is 39.8 Å². The van der Waals surface area contributed by atoms with Crippen molar-refractivity contribution in [2.45, 2.75) is 96.2 Å². The van der Waals surface area contributed by atoms with Gasteiger partial charge in [0.05, 0.1) is 29.4 Å². The predicted molar refractivity (Wildman–Crippen MR) is 145 cm³/mol. The molecule has 40 heavy (non-hydrogen) atoms. The quantitative estimate of drug-likeness (QED) is 0.212. The summed E-state index contributed by atoms with van der Waals surface area (Å²) in [4.78, 5) is 40.5. The predicted octanol–water partition coefficient (Wildman–Crippen LogP) is 1.46. The van der Waals surface area contributed by atoms with Crippen LogP contribution >= 0.6 is 0 Å². The van der Waals surface area contributed by atoms with E-state index < -0.39 is 81.8 Å². The molecule has 4 aliphatic carbocycles. The number of phenols is 1. The van der Waals surface area contributed by atoms with Crippen LogP contribution in [0.2, 0.25) is 0 Å². The van der Waals surface area contributed by atoms with E-state index in [0.29, 0.717) is 11.3 Å². The molecule has 2 unspecified atom stereocenters. The molecule has 1 aromatic carbocycles. The zero-order chi connectivity index (χ0) is 29.7. The van der Waals surface area contributed by atoms with E-state index in [9.17, 15) is 39.9 Å². The number of hydrogen-bond donors (Lipinski definition) is 7. The largest absolute Gasteiger partial charge is 0.505 e. The number of carbonyl (C=O) groups is 3. The molecule has 5 rings (SSSR count). The summed E-state index contributed by atoms with van der Waals surface area (Å²) in [5.74, 6) is -8.81. The van der Waals surface area contributed by atoms with E-state index in [1.807, 2.05) is 0 Å². The number of aliphatic hydroxyl groups excluding tert-OH is 3. The van der Waals surface area contributed by atoms with Crippen LogP contribution in [0.1, 0.15) is 82.1 Å². The number of nitrogens with one attached hydrogen (secondary N) is 1. The summed E-state index contributed by atoms with van der Waals surface area (Å²) in [6.07, 6.45) is -1.26. The van der Waals surface area contributed by atoms with Gasteiger partial charge in [-0.1, -0.05) is 53.5 Å². The van der Waals surface area contributed by atoms with Gasteiger partial charge in [0.25, 0.3) is 0 Å². The Morgan fingerprint density at radius 3 is 2.25 bits per heavy atom. The first-order chi connectivity index (χ1) is 18.6. The van der Waals surface area contributed by atoms with Gasteiger partial charge in [0.1, 0.15) is 17.8 Å². The standard InChI is InChI=1S/C30H42N2O8/c1-12(2)19-23(35)18(26(31)38)24(36)30(40)25(37)20-22(34)17-15(13(3)28(20,4)27(39)29(19,30)5)10-11-16(21(17)33)32-14-8-6-7-9-14/h10-14,18-20,23,25,27,32-33,35,37,39-40H,6-9H2,1-5H3,(H2,31,38)/t13-,18-,19+,20-,23?,25?,27-,28+,29+,30+/m1/s1. The molecule has 8 N–H and O–H groups in total. The van der Waals surface area contributed by atoms with Crippen LogP contribution in [0.4, 0.5) is 5.69 Å². The topological polar surface area (TPSA) is 190 Å². The van der Waals surface area contributed by atoms with Gasteiger partial charge in [-0.3, -0.25) is 14.4 Å². The molecule has 0 saturated heterocycles. The summed E-state index contributed by atoms with van der Waals surface area (Å²) in [6, 6.07) is 3.60. The van der Waals surface area contributed by atoms with Gasteiger partial charge in [-0.15, -0.1) is 0 Å². The van der Waals surface area contributed by atoms with E-state index in [-0.39, 0.29) is 17.4 Å². The Balaban J connectivity index is 1.71. The number of carbonyl (C=O) groups excluding carboxylic acids is 3. The molecular weight excluding hydrogens is 516 g/mol. The van der Waals surface area contributed by atoms with E-state index >= 15 is 0 Å². The van der Waals surface area contributed by atoms with Crippen LogP contribution in [0.25, 0.3) is 0 Å². The molecule has 1 amide bonds. The summed E-state index contributed by atoms with van der Waals surface area (Å²) in [5.41, 5.74) is 0.300.